The van der Waals surface area contributed by atoms with Crippen LogP contribution in [0.4, 0.5) is 0 Å². The average Bonchev–Trinajstić information content (AvgIpc) is 1.53. The van der Waals surface area contributed by atoms with Gasteiger partial charge in [-0.2, -0.15) is 0 Å². The van der Waals surface area contributed by atoms with Gasteiger partial charge >= 0.3 is 0 Å². The molecule has 17 aromatic carbocycles. The van der Waals surface area contributed by atoms with E-state index in [0.717, 1.165) is 32.6 Å². The first-order valence-electron chi connectivity index (χ1n) is 49.5. The molecule has 0 bridgehead atoms. The number of hydrogen-bond acceptors (Lipinski definition) is 0. The smallest absolute Gasteiger partial charge is 0.0648 e. The van der Waals surface area contributed by atoms with E-state index in [2.05, 4.69) is 380 Å². The van der Waals surface area contributed by atoms with Crippen LogP contribution in [0.3, 0.4) is 0 Å². The van der Waals surface area contributed by atoms with Crippen LogP contribution < -0.4 is 0 Å². The maximum Gasteiger partial charge on any atom is 0.0648 e. The van der Waals surface area contributed by atoms with Crippen LogP contribution in [0.5, 0.6) is 0 Å². The number of aromatic nitrogens is 6. The van der Waals surface area contributed by atoms with Gasteiger partial charge in [-0.1, -0.05) is 371 Å². The second kappa shape index (κ2) is 32.1. The van der Waals surface area contributed by atoms with Gasteiger partial charge in [0.05, 0.1) is 78.5 Å². The van der Waals surface area contributed by atoms with Crippen LogP contribution in [-0.4, -0.2) is 27.4 Å². The summed E-state index contributed by atoms with van der Waals surface area (Å²) in [4.78, 5) is 0. The first kappa shape index (κ1) is 72.7. The molecule has 6 heteroatoms. The second-order valence-electron chi connectivity index (χ2n) is 39.4. The van der Waals surface area contributed by atoms with Crippen molar-refractivity contribution in [2.24, 2.45) is 0 Å². The Kier molecular flexibility index (Phi) is 18.1. The first-order valence-corrected chi connectivity index (χ1v) is 45.0. The lowest BCUT2D eigenvalue weighted by atomic mass is 9.83. The molecule has 634 valence electrons. The van der Waals surface area contributed by atoms with Crippen LogP contribution in [0, 0.1) is 6.92 Å². The fourth-order valence-electron chi connectivity index (χ4n) is 19.9. The molecule has 0 spiro atoms. The molecule has 6 heterocycles. The summed E-state index contributed by atoms with van der Waals surface area (Å²) in [5.74, 6) is 0. The van der Waals surface area contributed by atoms with Gasteiger partial charge in [0.25, 0.3) is 0 Å². The number of fused-ring (bicyclic) bond motifs is 18. The van der Waals surface area contributed by atoms with Crippen molar-refractivity contribution in [1.82, 2.24) is 27.4 Å². The zero-order valence-corrected chi connectivity index (χ0v) is 76.4. The third-order valence-electron chi connectivity index (χ3n) is 25.6. The maximum absolute atomic E-state index is 9.12. The van der Waals surface area contributed by atoms with Crippen LogP contribution >= 0.6 is 0 Å². The summed E-state index contributed by atoms with van der Waals surface area (Å²) < 4.78 is 91.7. The zero-order valence-electron chi connectivity index (χ0n) is 85.4. The largest absolute Gasteiger partial charge is 0.309 e. The Balaban J connectivity index is 0.000000116. The van der Waals surface area contributed by atoms with Gasteiger partial charge in [0, 0.05) is 110 Å². The Hall–Kier alpha value is -14.5. The highest BCUT2D eigenvalue weighted by molar-refractivity contribution is 6.24. The minimum absolute atomic E-state index is 0.0141. The van der Waals surface area contributed by atoms with E-state index >= 15 is 0 Å². The van der Waals surface area contributed by atoms with Gasteiger partial charge < -0.3 is 27.4 Å². The van der Waals surface area contributed by atoms with Gasteiger partial charge in [-0.05, 0) is 189 Å². The van der Waals surface area contributed by atoms with Gasteiger partial charge in [0.2, 0.25) is 0 Å². The number of nitrogens with zero attached hydrogens (tertiary/aromatic N) is 6. The molecular weight excluding hydrogens is 1560 g/mol. The summed E-state index contributed by atoms with van der Waals surface area (Å²) in [5, 5.41) is 13.9. The summed E-state index contributed by atoms with van der Waals surface area (Å²) in [5.41, 5.74) is 26.7. The molecular formula is C123H112N6. The summed E-state index contributed by atoms with van der Waals surface area (Å²) in [6.45, 7) is 35.4. The van der Waals surface area contributed by atoms with Crippen molar-refractivity contribution in [1.29, 1.82) is 0 Å². The molecule has 6 nitrogen and oxygen atoms in total. The number of rotatable bonds is 7. The highest BCUT2D eigenvalue weighted by Crippen LogP contribution is 2.50. The minimum Gasteiger partial charge on any atom is -0.309 e. The van der Waals surface area contributed by atoms with Crippen LogP contribution in [0.25, 0.3) is 176 Å². The summed E-state index contributed by atoms with van der Waals surface area (Å²) >= 11 is 0. The Morgan fingerprint density at radius 1 is 0.202 bits per heavy atom. The molecule has 0 aliphatic heterocycles. The van der Waals surface area contributed by atoms with E-state index in [4.69, 9.17) is 12.3 Å². The SMILES string of the molecule is CC(C)(C)c1c2c(cc3c4ccccc4n(-c4ccccc4)c13)c1ccccc1n2-c1ccccc1.CC(C)(C)c1ccc(-n2c3ccccc3c3cccc(C(C)(C)C)c32)cc1.CC(C)(C)c1cccc2c3ccccc3n(-c3ccc(-c4ccccc4)cc3)c12.[2H]c1c([2H])c([2H])c(-n2c3ccccc3c3cc4c5ccccc5n(-c5c([2H])c([2H])c([2H])c(C)c5[2H])c4c(C(C)(C)C)c32)c([2H])c1[2H]. The van der Waals surface area contributed by atoms with E-state index in [9.17, 15) is 0 Å². The first-order chi connectivity index (χ1) is 65.9. The van der Waals surface area contributed by atoms with E-state index in [1.54, 1.807) is 11.5 Å². The highest BCUT2D eigenvalue weighted by atomic mass is 15.0. The van der Waals surface area contributed by atoms with Crippen molar-refractivity contribution in [2.45, 2.75) is 138 Å². The molecule has 0 radical (unpaired) electrons. The molecule has 6 aromatic heterocycles. The van der Waals surface area contributed by atoms with Gasteiger partial charge in [-0.25, -0.2) is 0 Å². The van der Waals surface area contributed by atoms with Crippen molar-refractivity contribution in [3.05, 3.63) is 421 Å². The molecule has 23 aromatic rings. The van der Waals surface area contributed by atoms with Crippen LogP contribution in [-0.2, 0) is 27.1 Å². The normalized spacial score (nSPS) is 13.3. The third-order valence-corrected chi connectivity index (χ3v) is 25.6. The Morgan fingerprint density at radius 2 is 0.481 bits per heavy atom. The summed E-state index contributed by atoms with van der Waals surface area (Å²) in [6, 6.07) is 116. The topological polar surface area (TPSA) is 29.6 Å². The number of benzene rings is 17. The van der Waals surface area contributed by atoms with Gasteiger partial charge in [0.15, 0.2) is 0 Å². The molecule has 0 atom stereocenters. The lowest BCUT2D eigenvalue weighted by Gasteiger charge is -2.25. The molecule has 0 saturated heterocycles. The highest BCUT2D eigenvalue weighted by Gasteiger charge is 2.33. The van der Waals surface area contributed by atoms with Crippen molar-refractivity contribution in [2.75, 3.05) is 0 Å². The standard InChI is InChI=1S/C35H30N2.C34H28N2.C28H25N.C26H29N/c1-23-13-12-16-25(21-23)37-31-20-11-9-18-27(31)29-22-28-26-17-8-10-19-30(26)36(24-14-6-5-7-15-24)33(28)32(34(29)37)35(2,3)4;1-34(2,3)31-32-27(25-18-10-12-20-29(25)35(32)23-14-6-4-7-15-23)22-28-26-19-11-13-21-30(26)36(33(28)31)24-16-8-5-9-17-24;1-28(2,3)25-14-9-13-24-23-12-7-8-15-26(23)29(27(24)25)22-18-16-21(17-19-22)20-10-5-4-6-11-20;1-25(2,3)18-14-16-19(17-15-18)27-23-13-8-7-10-20(23)21-11-9-12-22(24(21)27)26(4,5)6/h5-22H,1-4H3;4-22H,1-3H3;4-19H,1-3H3;7-17H,1-6H3/i5D,6D,7D,12D,13D,14D,15D,16D,21D;;;. The predicted molar refractivity (Wildman–Crippen MR) is 555 cm³/mol. The molecule has 0 aliphatic carbocycles. The molecule has 0 unspecified atom stereocenters. The third kappa shape index (κ3) is 14.6. The molecule has 0 N–H and O–H groups in total. The van der Waals surface area contributed by atoms with Crippen LogP contribution in [0.2, 0.25) is 0 Å². The van der Waals surface area contributed by atoms with E-state index in [1.807, 2.05) is 79.9 Å². The van der Waals surface area contributed by atoms with Gasteiger partial charge in [-0.3, -0.25) is 0 Å². The maximum atomic E-state index is 9.12. The van der Waals surface area contributed by atoms with Crippen molar-refractivity contribution < 1.29 is 12.3 Å². The lowest BCUT2D eigenvalue weighted by Crippen LogP contribution is -2.15. The van der Waals surface area contributed by atoms with E-state index in [-0.39, 0.29) is 69.3 Å². The Morgan fingerprint density at radius 3 is 0.829 bits per heavy atom. The fourth-order valence-corrected chi connectivity index (χ4v) is 19.9. The lowest BCUT2D eigenvalue weighted by molar-refractivity contribution is 0.590. The molecule has 0 saturated carbocycles. The van der Waals surface area contributed by atoms with Crippen LogP contribution in [0.1, 0.15) is 150 Å². The van der Waals surface area contributed by atoms with Crippen molar-refractivity contribution in [3.63, 3.8) is 0 Å². The number of para-hydroxylation sites is 11. The Labute approximate surface area is 770 Å². The van der Waals surface area contributed by atoms with E-state index in [1.165, 1.54) is 143 Å². The van der Waals surface area contributed by atoms with E-state index < -0.39 is 23.5 Å². The second-order valence-corrected chi connectivity index (χ2v) is 39.4. The van der Waals surface area contributed by atoms with Gasteiger partial charge in [-0.15, -0.1) is 0 Å². The van der Waals surface area contributed by atoms with Crippen LogP contribution in [0.15, 0.2) is 388 Å². The molecule has 129 heavy (non-hydrogen) atoms. The summed E-state index contributed by atoms with van der Waals surface area (Å²) in [7, 11) is 0. The summed E-state index contributed by atoms with van der Waals surface area (Å²) in [6.07, 6.45) is 0. The van der Waals surface area contributed by atoms with E-state index in [0.29, 0.717) is 22.1 Å². The monoisotopic (exact) mass is 1680 g/mol. The molecule has 23 rings (SSSR count). The van der Waals surface area contributed by atoms with Crippen molar-refractivity contribution >= 4 is 131 Å². The number of hydrogen-bond donors (Lipinski definition) is 0. The average molecular weight is 1680 g/mol. The quantitative estimate of drug-likeness (QED) is 0.152. The predicted octanol–water partition coefficient (Wildman–Crippen LogP) is 33.8. The zero-order chi connectivity index (χ0) is 97.0. The molecule has 0 fully saturated rings. The molecule has 0 amide bonds. The van der Waals surface area contributed by atoms with Gasteiger partial charge in [0.1, 0.15) is 0 Å². The fraction of sp³-hybridized carbons (Fsp3) is 0.171. The van der Waals surface area contributed by atoms with Crippen molar-refractivity contribution in [3.8, 4) is 45.3 Å². The molecule has 0 aliphatic rings. The minimum atomic E-state index is -0.609. The Bertz CT molecular complexity index is 8440.